The fraction of sp³-hybridized carbons (Fsp3) is 0.462. The Kier molecular flexibility index (Phi) is 2.92. The fourth-order valence-electron chi connectivity index (χ4n) is 2.62. The van der Waals surface area contributed by atoms with Gasteiger partial charge < -0.3 is 5.32 Å². The highest BCUT2D eigenvalue weighted by Gasteiger charge is 2.15. The maximum atomic E-state index is 4.38. The van der Waals surface area contributed by atoms with Gasteiger partial charge >= 0.3 is 0 Å². The summed E-state index contributed by atoms with van der Waals surface area (Å²) in [5.41, 5.74) is 2.60. The number of nitrogens with zero attached hydrogens (tertiary/aromatic N) is 2. The summed E-state index contributed by atoms with van der Waals surface area (Å²) in [5.74, 6) is 0.794. The second-order valence-corrected chi connectivity index (χ2v) is 5.58. The second-order valence-electron chi connectivity index (χ2n) is 4.83. The lowest BCUT2D eigenvalue weighted by molar-refractivity contribution is 0.580. The summed E-state index contributed by atoms with van der Waals surface area (Å²) >= 11 is 3.52. The average Bonchev–Trinajstić information content (AvgIpc) is 2.89. The number of benzene rings is 1. The Morgan fingerprint density at radius 1 is 1.53 bits per heavy atom. The van der Waals surface area contributed by atoms with Crippen molar-refractivity contribution in [2.75, 3.05) is 13.1 Å². The molecule has 1 aromatic carbocycles. The van der Waals surface area contributed by atoms with Gasteiger partial charge in [0.05, 0.1) is 5.52 Å². The molecule has 2 aromatic rings. The Balaban J connectivity index is 1.92. The molecular weight excluding hydrogens is 278 g/mol. The summed E-state index contributed by atoms with van der Waals surface area (Å²) in [5, 5.41) is 9.02. The molecule has 0 radical (unpaired) electrons. The lowest BCUT2D eigenvalue weighted by Gasteiger charge is -2.08. The van der Waals surface area contributed by atoms with Gasteiger partial charge in [-0.05, 0) is 65.5 Å². The van der Waals surface area contributed by atoms with Gasteiger partial charge in [-0.1, -0.05) is 6.07 Å². The van der Waals surface area contributed by atoms with Crippen molar-refractivity contribution < 1.29 is 0 Å². The normalized spacial score (nSPS) is 20.2. The molecule has 0 amide bonds. The Bertz CT molecular complexity index is 541. The van der Waals surface area contributed by atoms with E-state index < -0.39 is 0 Å². The molecule has 1 aliphatic heterocycles. The van der Waals surface area contributed by atoms with E-state index in [1.54, 1.807) is 0 Å². The zero-order valence-corrected chi connectivity index (χ0v) is 11.5. The molecule has 1 aromatic heterocycles. The SMILES string of the molecule is Cn1nc(Br)c2cc(CC3CCNC3)ccc21. The molecule has 1 aliphatic rings. The Morgan fingerprint density at radius 2 is 2.41 bits per heavy atom. The number of rotatable bonds is 2. The molecule has 1 unspecified atom stereocenters. The molecule has 1 atom stereocenters. The molecule has 0 saturated carbocycles. The number of aromatic nitrogens is 2. The van der Waals surface area contributed by atoms with Gasteiger partial charge in [-0.25, -0.2) is 0 Å². The summed E-state index contributed by atoms with van der Waals surface area (Å²) in [6, 6.07) is 6.67. The molecule has 0 spiro atoms. The molecule has 0 bridgehead atoms. The molecule has 4 heteroatoms. The highest BCUT2D eigenvalue weighted by atomic mass is 79.9. The van der Waals surface area contributed by atoms with Crippen molar-refractivity contribution in [3.05, 3.63) is 28.4 Å². The molecule has 17 heavy (non-hydrogen) atoms. The minimum Gasteiger partial charge on any atom is -0.316 e. The van der Waals surface area contributed by atoms with E-state index in [9.17, 15) is 0 Å². The van der Waals surface area contributed by atoms with Gasteiger partial charge in [0.15, 0.2) is 0 Å². The highest BCUT2D eigenvalue weighted by molar-refractivity contribution is 9.10. The van der Waals surface area contributed by atoms with Crippen LogP contribution in [0.2, 0.25) is 0 Å². The summed E-state index contributed by atoms with van der Waals surface area (Å²) in [6.07, 6.45) is 2.47. The van der Waals surface area contributed by atoms with Crippen molar-refractivity contribution in [1.82, 2.24) is 15.1 Å². The first-order chi connectivity index (χ1) is 8.24. The van der Waals surface area contributed by atoms with Crippen LogP contribution in [0.4, 0.5) is 0 Å². The Labute approximate surface area is 109 Å². The van der Waals surface area contributed by atoms with E-state index >= 15 is 0 Å². The van der Waals surface area contributed by atoms with E-state index in [1.165, 1.54) is 35.9 Å². The first-order valence-corrected chi connectivity index (χ1v) is 6.85. The summed E-state index contributed by atoms with van der Waals surface area (Å²) in [6.45, 7) is 2.33. The number of aryl methyl sites for hydroxylation is 1. The van der Waals surface area contributed by atoms with Gasteiger partial charge in [-0.3, -0.25) is 4.68 Å². The molecule has 1 fully saturated rings. The van der Waals surface area contributed by atoms with Crippen molar-refractivity contribution in [3.8, 4) is 0 Å². The molecule has 2 heterocycles. The van der Waals surface area contributed by atoms with Gasteiger partial charge in [0.2, 0.25) is 0 Å². The third-order valence-corrected chi connectivity index (χ3v) is 4.14. The predicted molar refractivity (Wildman–Crippen MR) is 73.1 cm³/mol. The highest BCUT2D eigenvalue weighted by Crippen LogP contribution is 2.25. The van der Waals surface area contributed by atoms with Crippen LogP contribution in [-0.2, 0) is 13.5 Å². The quantitative estimate of drug-likeness (QED) is 0.922. The first kappa shape index (κ1) is 11.2. The van der Waals surface area contributed by atoms with E-state index in [1.807, 2.05) is 11.7 Å². The lowest BCUT2D eigenvalue weighted by atomic mass is 9.98. The van der Waals surface area contributed by atoms with Gasteiger partial charge in [-0.2, -0.15) is 5.10 Å². The Morgan fingerprint density at radius 3 is 3.18 bits per heavy atom. The number of halogens is 1. The monoisotopic (exact) mass is 293 g/mol. The lowest BCUT2D eigenvalue weighted by Crippen LogP contribution is -2.10. The van der Waals surface area contributed by atoms with E-state index in [-0.39, 0.29) is 0 Å². The van der Waals surface area contributed by atoms with Crippen LogP contribution in [0, 0.1) is 5.92 Å². The predicted octanol–water partition coefficient (Wildman–Crippen LogP) is 2.49. The molecule has 3 nitrogen and oxygen atoms in total. The van der Waals surface area contributed by atoms with Crippen LogP contribution >= 0.6 is 15.9 Å². The number of nitrogens with one attached hydrogen (secondary N) is 1. The summed E-state index contributed by atoms with van der Waals surface area (Å²) in [7, 11) is 1.98. The van der Waals surface area contributed by atoms with E-state index in [0.717, 1.165) is 17.1 Å². The first-order valence-electron chi connectivity index (χ1n) is 6.06. The maximum Gasteiger partial charge on any atom is 0.135 e. The zero-order valence-electron chi connectivity index (χ0n) is 9.91. The fourth-order valence-corrected chi connectivity index (χ4v) is 3.17. The van der Waals surface area contributed by atoms with Crippen LogP contribution in [0.3, 0.4) is 0 Å². The third-order valence-electron chi connectivity index (χ3n) is 3.56. The molecule has 0 aliphatic carbocycles. The van der Waals surface area contributed by atoms with Crippen LogP contribution in [-0.4, -0.2) is 22.9 Å². The van der Waals surface area contributed by atoms with E-state index in [0.29, 0.717) is 0 Å². The van der Waals surface area contributed by atoms with E-state index in [4.69, 9.17) is 0 Å². The number of fused-ring (bicyclic) bond motifs is 1. The van der Waals surface area contributed by atoms with Gasteiger partial charge in [0, 0.05) is 12.4 Å². The average molecular weight is 294 g/mol. The molecular formula is C13H16BrN3. The van der Waals surface area contributed by atoms with E-state index in [2.05, 4.69) is 44.5 Å². The minimum absolute atomic E-state index is 0.794. The molecule has 1 N–H and O–H groups in total. The van der Waals surface area contributed by atoms with Crippen molar-refractivity contribution in [2.24, 2.45) is 13.0 Å². The summed E-state index contributed by atoms with van der Waals surface area (Å²) in [4.78, 5) is 0. The maximum absolute atomic E-state index is 4.38. The smallest absolute Gasteiger partial charge is 0.135 e. The zero-order chi connectivity index (χ0) is 11.8. The largest absolute Gasteiger partial charge is 0.316 e. The standard InChI is InChI=1S/C13H16BrN3/c1-17-12-3-2-9(6-10-4-5-15-8-10)7-11(12)13(14)16-17/h2-3,7,10,15H,4-6,8H2,1H3. The number of hydrogen-bond donors (Lipinski definition) is 1. The van der Waals surface area contributed by atoms with Crippen molar-refractivity contribution in [3.63, 3.8) is 0 Å². The van der Waals surface area contributed by atoms with Crippen molar-refractivity contribution in [1.29, 1.82) is 0 Å². The second kappa shape index (κ2) is 4.42. The van der Waals surface area contributed by atoms with Gasteiger partial charge in [0.25, 0.3) is 0 Å². The minimum atomic E-state index is 0.794. The van der Waals surface area contributed by atoms with Crippen LogP contribution in [0.15, 0.2) is 22.8 Å². The van der Waals surface area contributed by atoms with Crippen molar-refractivity contribution >= 4 is 26.8 Å². The Hall–Kier alpha value is -0.870. The van der Waals surface area contributed by atoms with Crippen LogP contribution < -0.4 is 5.32 Å². The molecule has 3 rings (SSSR count). The van der Waals surface area contributed by atoms with Crippen LogP contribution in [0.5, 0.6) is 0 Å². The number of hydrogen-bond acceptors (Lipinski definition) is 2. The van der Waals surface area contributed by atoms with Crippen LogP contribution in [0.1, 0.15) is 12.0 Å². The van der Waals surface area contributed by atoms with Crippen molar-refractivity contribution in [2.45, 2.75) is 12.8 Å². The summed E-state index contributed by atoms with van der Waals surface area (Å²) < 4.78 is 2.86. The van der Waals surface area contributed by atoms with Gasteiger partial charge in [-0.15, -0.1) is 0 Å². The molecule has 1 saturated heterocycles. The molecule has 90 valence electrons. The van der Waals surface area contributed by atoms with Gasteiger partial charge in [0.1, 0.15) is 4.60 Å². The topological polar surface area (TPSA) is 29.9 Å². The third kappa shape index (κ3) is 2.11. The van der Waals surface area contributed by atoms with Crippen LogP contribution in [0.25, 0.3) is 10.9 Å².